The van der Waals surface area contributed by atoms with Crippen LogP contribution in [0.2, 0.25) is 0 Å². The fraction of sp³-hybridized carbons (Fsp3) is 0.600. The molecule has 2 rings (SSSR count). The lowest BCUT2D eigenvalue weighted by Crippen LogP contribution is -2.49. The molecule has 0 aromatic heterocycles. The normalized spacial score (nSPS) is 23.9. The summed E-state index contributed by atoms with van der Waals surface area (Å²) < 4.78 is 11.6. The van der Waals surface area contributed by atoms with Crippen LogP contribution in [-0.4, -0.2) is 31.9 Å². The first-order valence-electron chi connectivity index (χ1n) is 6.84. The minimum Gasteiger partial charge on any atom is -0.486 e. The summed E-state index contributed by atoms with van der Waals surface area (Å²) in [5, 5.41) is 3.56. The first-order valence-corrected chi connectivity index (χ1v) is 6.84. The number of para-hydroxylation sites is 1. The van der Waals surface area contributed by atoms with Crippen molar-refractivity contribution >= 4 is 0 Å². The van der Waals surface area contributed by atoms with Crippen LogP contribution in [0.4, 0.5) is 0 Å². The summed E-state index contributed by atoms with van der Waals surface area (Å²) in [5.41, 5.74) is 1.18. The average Bonchev–Trinajstić information content (AvgIpc) is 2.40. The predicted octanol–water partition coefficient (Wildman–Crippen LogP) is 2.53. The van der Waals surface area contributed by atoms with Crippen LogP contribution in [0.25, 0.3) is 0 Å². The Kier molecular flexibility index (Phi) is 5.02. The molecule has 2 atom stereocenters. The number of rotatable bonds is 5. The fourth-order valence-electron chi connectivity index (χ4n) is 2.24. The molecule has 0 spiro atoms. The third kappa shape index (κ3) is 3.47. The summed E-state index contributed by atoms with van der Waals surface area (Å²) in [4.78, 5) is 0. The van der Waals surface area contributed by atoms with Gasteiger partial charge in [0.2, 0.25) is 0 Å². The van der Waals surface area contributed by atoms with Gasteiger partial charge in [0.1, 0.15) is 11.9 Å². The quantitative estimate of drug-likeness (QED) is 0.870. The van der Waals surface area contributed by atoms with E-state index in [4.69, 9.17) is 9.47 Å². The van der Waals surface area contributed by atoms with Gasteiger partial charge in [-0.25, -0.2) is 0 Å². The van der Waals surface area contributed by atoms with Crippen LogP contribution in [0, 0.1) is 6.92 Å². The minimum atomic E-state index is 0.117. The number of ether oxygens (including phenoxy) is 2. The van der Waals surface area contributed by atoms with Crippen LogP contribution in [-0.2, 0) is 4.74 Å². The molecule has 18 heavy (non-hydrogen) atoms. The fourth-order valence-corrected chi connectivity index (χ4v) is 2.24. The van der Waals surface area contributed by atoms with Crippen molar-refractivity contribution < 1.29 is 9.47 Å². The summed E-state index contributed by atoms with van der Waals surface area (Å²) in [6.07, 6.45) is 2.29. The number of hydrogen-bond donors (Lipinski definition) is 1. The number of nitrogens with one attached hydrogen (secondary N) is 1. The van der Waals surface area contributed by atoms with Crippen molar-refractivity contribution in [1.29, 1.82) is 0 Å². The van der Waals surface area contributed by atoms with Crippen molar-refractivity contribution in [2.75, 3.05) is 19.8 Å². The van der Waals surface area contributed by atoms with E-state index in [2.05, 4.69) is 25.2 Å². The van der Waals surface area contributed by atoms with Crippen molar-refractivity contribution in [3.8, 4) is 5.75 Å². The van der Waals surface area contributed by atoms with E-state index in [1.54, 1.807) is 0 Å². The van der Waals surface area contributed by atoms with Crippen LogP contribution in [0.15, 0.2) is 24.3 Å². The summed E-state index contributed by atoms with van der Waals surface area (Å²) in [5.74, 6) is 0.969. The van der Waals surface area contributed by atoms with Gasteiger partial charge in [0, 0.05) is 12.6 Å². The summed E-state index contributed by atoms with van der Waals surface area (Å²) in [6.45, 7) is 6.81. The average molecular weight is 249 g/mol. The van der Waals surface area contributed by atoms with E-state index in [1.807, 2.05) is 18.2 Å². The van der Waals surface area contributed by atoms with Gasteiger partial charge < -0.3 is 14.8 Å². The van der Waals surface area contributed by atoms with Crippen molar-refractivity contribution in [3.05, 3.63) is 29.8 Å². The third-order valence-corrected chi connectivity index (χ3v) is 3.33. The highest BCUT2D eigenvalue weighted by Crippen LogP contribution is 2.21. The number of benzene rings is 1. The molecule has 0 bridgehead atoms. The molecular formula is C15H23NO2. The van der Waals surface area contributed by atoms with Crippen LogP contribution < -0.4 is 10.1 Å². The van der Waals surface area contributed by atoms with Gasteiger partial charge in [-0.05, 0) is 37.9 Å². The Morgan fingerprint density at radius 2 is 2.22 bits per heavy atom. The topological polar surface area (TPSA) is 30.5 Å². The molecule has 1 aliphatic heterocycles. The standard InChI is InChI=1S/C15H23NO2/c1-3-9-16-13-8-10-17-11-15(13)18-14-7-5-4-6-12(14)2/h4-7,13,15-16H,3,8-11H2,1-2H3. The molecule has 1 N–H and O–H groups in total. The van der Waals surface area contributed by atoms with Crippen molar-refractivity contribution in [2.45, 2.75) is 38.8 Å². The van der Waals surface area contributed by atoms with Gasteiger partial charge in [-0.3, -0.25) is 0 Å². The Hall–Kier alpha value is -1.06. The van der Waals surface area contributed by atoms with E-state index in [0.717, 1.165) is 31.7 Å². The predicted molar refractivity (Wildman–Crippen MR) is 73.1 cm³/mol. The van der Waals surface area contributed by atoms with Crippen LogP contribution in [0.3, 0.4) is 0 Å². The Bertz CT molecular complexity index is 367. The maximum Gasteiger partial charge on any atom is 0.137 e. The lowest BCUT2D eigenvalue weighted by atomic mass is 10.1. The highest BCUT2D eigenvalue weighted by Gasteiger charge is 2.27. The summed E-state index contributed by atoms with van der Waals surface area (Å²) in [7, 11) is 0. The zero-order chi connectivity index (χ0) is 12.8. The first-order chi connectivity index (χ1) is 8.81. The van der Waals surface area contributed by atoms with Crippen molar-refractivity contribution in [3.63, 3.8) is 0 Å². The van der Waals surface area contributed by atoms with E-state index in [1.165, 1.54) is 5.56 Å². The molecule has 3 heteroatoms. The second-order valence-electron chi connectivity index (χ2n) is 4.85. The van der Waals surface area contributed by atoms with Crippen molar-refractivity contribution in [1.82, 2.24) is 5.32 Å². The molecule has 1 saturated heterocycles. The van der Waals surface area contributed by atoms with Gasteiger partial charge in [-0.1, -0.05) is 25.1 Å². The Labute approximate surface area is 109 Å². The van der Waals surface area contributed by atoms with Crippen LogP contribution in [0.5, 0.6) is 5.75 Å². The molecule has 1 aromatic carbocycles. The molecule has 3 nitrogen and oxygen atoms in total. The monoisotopic (exact) mass is 249 g/mol. The molecule has 0 amide bonds. The molecular weight excluding hydrogens is 226 g/mol. The highest BCUT2D eigenvalue weighted by atomic mass is 16.5. The minimum absolute atomic E-state index is 0.117. The lowest BCUT2D eigenvalue weighted by Gasteiger charge is -2.33. The van der Waals surface area contributed by atoms with Gasteiger partial charge in [0.25, 0.3) is 0 Å². The molecule has 1 heterocycles. The van der Waals surface area contributed by atoms with Gasteiger partial charge in [-0.2, -0.15) is 0 Å². The van der Waals surface area contributed by atoms with Crippen LogP contribution >= 0.6 is 0 Å². The summed E-state index contributed by atoms with van der Waals surface area (Å²) >= 11 is 0. The second-order valence-corrected chi connectivity index (χ2v) is 4.85. The largest absolute Gasteiger partial charge is 0.486 e. The maximum atomic E-state index is 6.11. The van der Waals surface area contributed by atoms with E-state index >= 15 is 0 Å². The SMILES string of the molecule is CCCNC1CCOCC1Oc1ccccc1C. The van der Waals surface area contributed by atoms with Crippen LogP contribution in [0.1, 0.15) is 25.3 Å². The molecule has 1 fully saturated rings. The molecule has 1 aliphatic rings. The molecule has 1 aromatic rings. The Morgan fingerprint density at radius 3 is 3.00 bits per heavy atom. The van der Waals surface area contributed by atoms with Gasteiger partial charge in [-0.15, -0.1) is 0 Å². The third-order valence-electron chi connectivity index (χ3n) is 3.33. The van der Waals surface area contributed by atoms with Gasteiger partial charge >= 0.3 is 0 Å². The zero-order valence-corrected chi connectivity index (χ0v) is 11.3. The Morgan fingerprint density at radius 1 is 1.39 bits per heavy atom. The van der Waals surface area contributed by atoms with Gasteiger partial charge in [0.15, 0.2) is 0 Å². The van der Waals surface area contributed by atoms with E-state index in [0.29, 0.717) is 12.6 Å². The number of aryl methyl sites for hydroxylation is 1. The zero-order valence-electron chi connectivity index (χ0n) is 11.3. The maximum absolute atomic E-state index is 6.11. The van der Waals surface area contributed by atoms with Crippen molar-refractivity contribution in [2.24, 2.45) is 0 Å². The van der Waals surface area contributed by atoms with E-state index in [9.17, 15) is 0 Å². The molecule has 2 unspecified atom stereocenters. The van der Waals surface area contributed by atoms with E-state index in [-0.39, 0.29) is 6.10 Å². The Balaban J connectivity index is 1.98. The highest BCUT2D eigenvalue weighted by molar-refractivity contribution is 5.32. The molecule has 0 aliphatic carbocycles. The molecule has 0 saturated carbocycles. The first kappa shape index (κ1) is 13.4. The molecule has 0 radical (unpaired) electrons. The van der Waals surface area contributed by atoms with Gasteiger partial charge in [0.05, 0.1) is 6.61 Å². The summed E-state index contributed by atoms with van der Waals surface area (Å²) in [6, 6.07) is 8.56. The molecule has 100 valence electrons. The second kappa shape index (κ2) is 6.76. The smallest absolute Gasteiger partial charge is 0.137 e. The van der Waals surface area contributed by atoms with E-state index < -0.39 is 0 Å². The number of hydrogen-bond acceptors (Lipinski definition) is 3. The lowest BCUT2D eigenvalue weighted by molar-refractivity contribution is -0.0148.